The van der Waals surface area contributed by atoms with E-state index in [9.17, 15) is 19.2 Å². The first-order valence-corrected chi connectivity index (χ1v) is 22.5. The van der Waals surface area contributed by atoms with Crippen molar-refractivity contribution in [2.75, 3.05) is 4.90 Å². The summed E-state index contributed by atoms with van der Waals surface area (Å²) in [5, 5.41) is 12.0. The van der Waals surface area contributed by atoms with Crippen LogP contribution < -0.4 is 15.5 Å². The van der Waals surface area contributed by atoms with Crippen LogP contribution in [0.1, 0.15) is 35.1 Å². The third kappa shape index (κ3) is 9.06. The van der Waals surface area contributed by atoms with E-state index in [0.717, 1.165) is 65.6 Å². The van der Waals surface area contributed by atoms with Crippen molar-refractivity contribution in [2.45, 2.75) is 63.1 Å². The Hall–Kier alpha value is -8.25. The van der Waals surface area contributed by atoms with Crippen molar-refractivity contribution >= 4 is 72.8 Å². The zero-order valence-corrected chi connectivity index (χ0v) is 36.6. The molecule has 10 rings (SSSR count). The number of anilines is 1. The van der Waals surface area contributed by atoms with Gasteiger partial charge in [-0.05, 0) is 80.9 Å². The summed E-state index contributed by atoms with van der Waals surface area (Å²) in [6.07, 6.45) is 7.80. The van der Waals surface area contributed by atoms with Crippen molar-refractivity contribution in [3.8, 4) is 0 Å². The van der Waals surface area contributed by atoms with Gasteiger partial charge < -0.3 is 35.0 Å². The lowest BCUT2D eigenvalue weighted by molar-refractivity contribution is -0.149. The molecule has 12 heteroatoms. The Morgan fingerprint density at radius 3 is 1.42 bits per heavy atom. The number of rotatable bonds is 15. The number of fused-ring (bicyclic) bond motifs is 4. The Balaban J connectivity index is 0.908. The highest BCUT2D eigenvalue weighted by molar-refractivity contribution is 5.97. The molecule has 1 aliphatic rings. The highest BCUT2D eigenvalue weighted by Gasteiger charge is 2.43. The lowest BCUT2D eigenvalue weighted by atomic mass is 10.0. The van der Waals surface area contributed by atoms with Gasteiger partial charge >= 0.3 is 11.9 Å². The van der Waals surface area contributed by atoms with Crippen LogP contribution >= 0.6 is 0 Å². The number of pyridine rings is 1. The third-order valence-corrected chi connectivity index (χ3v) is 12.9. The van der Waals surface area contributed by atoms with Crippen molar-refractivity contribution < 1.29 is 28.7 Å². The zero-order chi connectivity index (χ0) is 45.7. The maximum Gasteiger partial charge on any atom is 0.329 e. The number of esters is 2. The van der Waals surface area contributed by atoms with Crippen LogP contribution in [0, 0.1) is 0 Å². The Morgan fingerprint density at radius 1 is 0.522 bits per heavy atom. The lowest BCUT2D eigenvalue weighted by Crippen LogP contribution is -2.56. The molecule has 2 amide bonds. The number of nitrogens with zero attached hydrogens (tertiary/aromatic N) is 2. The van der Waals surface area contributed by atoms with Crippen molar-refractivity contribution in [1.29, 1.82) is 0 Å². The molecule has 0 bridgehead atoms. The fourth-order valence-electron chi connectivity index (χ4n) is 9.50. The number of aromatic amines is 2. The van der Waals surface area contributed by atoms with Crippen molar-refractivity contribution in [2.24, 2.45) is 0 Å². The highest BCUT2D eigenvalue weighted by Crippen LogP contribution is 2.32. The molecule has 0 aliphatic carbocycles. The van der Waals surface area contributed by atoms with Crippen LogP contribution in [0.5, 0.6) is 0 Å². The van der Waals surface area contributed by atoms with Crippen molar-refractivity contribution in [1.82, 2.24) is 25.6 Å². The van der Waals surface area contributed by atoms with Crippen LogP contribution in [0.15, 0.2) is 170 Å². The number of H-pyrrole nitrogens is 2. The fraction of sp³-hybridized carbons (Fsp3) is 0.182. The molecule has 1 aliphatic heterocycles. The third-order valence-electron chi connectivity index (χ3n) is 12.9. The van der Waals surface area contributed by atoms with Gasteiger partial charge in [0, 0.05) is 65.1 Å². The standard InChI is InChI=1S/C55H48N6O6/c62-52(59-48(29-39-31-57-46-21-7-5-19-44(39)46)54(64)66-33-37-15-9-13-35-11-1-3-17-42(35)37)50-23-24-51(61(50)41-25-27-56-28-26-41)53(63)60-49(30-40-32-58-47-22-8-6-20-45(40)47)55(65)67-34-38-16-10-14-36-12-2-4-18-43(36)38/h1-22,25-28,31-32,48-51,57-58H,23-24,29-30,33-34H2,(H,59,62)(H,60,63)/t48-,49-,50-,51-/m0/s1. The molecule has 6 aromatic carbocycles. The van der Waals surface area contributed by atoms with Crippen LogP contribution in [-0.2, 0) is 54.7 Å². The minimum absolute atomic E-state index is 0.0132. The Morgan fingerprint density at radius 2 is 0.940 bits per heavy atom. The number of para-hydroxylation sites is 2. The minimum atomic E-state index is -1.06. The van der Waals surface area contributed by atoms with Crippen LogP contribution in [0.25, 0.3) is 43.4 Å². The van der Waals surface area contributed by atoms with Gasteiger partial charge in [-0.15, -0.1) is 0 Å². The molecule has 1 saturated heterocycles. The van der Waals surface area contributed by atoms with Gasteiger partial charge in [-0.1, -0.05) is 121 Å². The quantitative estimate of drug-likeness (QED) is 0.0746. The summed E-state index contributed by atoms with van der Waals surface area (Å²) in [5.74, 6) is -2.05. The molecule has 0 saturated carbocycles. The van der Waals surface area contributed by atoms with Crippen LogP contribution in [0.2, 0.25) is 0 Å². The molecule has 67 heavy (non-hydrogen) atoms. The minimum Gasteiger partial charge on any atom is -0.459 e. The van der Waals surface area contributed by atoms with Crippen LogP contribution in [0.3, 0.4) is 0 Å². The van der Waals surface area contributed by atoms with Gasteiger partial charge in [0.1, 0.15) is 37.4 Å². The molecule has 3 aromatic heterocycles. The molecule has 4 heterocycles. The van der Waals surface area contributed by atoms with Crippen molar-refractivity contribution in [3.63, 3.8) is 0 Å². The molecule has 0 radical (unpaired) electrons. The Labute approximate surface area is 386 Å². The molecule has 4 atom stereocenters. The van der Waals surface area contributed by atoms with Crippen LogP contribution in [0.4, 0.5) is 5.69 Å². The average Bonchev–Trinajstić information content (AvgIpc) is 4.12. The lowest BCUT2D eigenvalue weighted by Gasteiger charge is -2.32. The normalized spacial score (nSPS) is 15.7. The van der Waals surface area contributed by atoms with E-state index in [4.69, 9.17) is 9.47 Å². The van der Waals surface area contributed by atoms with E-state index in [2.05, 4.69) is 25.6 Å². The molecule has 334 valence electrons. The van der Waals surface area contributed by atoms with Gasteiger partial charge in [0.25, 0.3) is 0 Å². The topological polar surface area (TPSA) is 159 Å². The van der Waals surface area contributed by atoms with E-state index in [0.29, 0.717) is 5.69 Å². The summed E-state index contributed by atoms with van der Waals surface area (Å²) in [6.45, 7) is 0.0265. The molecular weight excluding hydrogens is 841 g/mol. The maximum atomic E-state index is 14.7. The number of carbonyl (C=O) groups is 4. The SMILES string of the molecule is O=C(OCc1cccc2ccccc12)[C@H](Cc1c[nH]c2ccccc12)NC(=O)[C@@H]1CC[C@@H](C(=O)N[C@@H](Cc2c[nH]c3ccccc23)C(=O)OCc2cccc3ccccc23)N1c1ccncc1. The monoisotopic (exact) mass is 888 g/mol. The predicted molar refractivity (Wildman–Crippen MR) is 259 cm³/mol. The molecule has 1 fully saturated rings. The molecular formula is C55H48N6O6. The van der Waals surface area contributed by atoms with Gasteiger partial charge in [0.2, 0.25) is 11.8 Å². The number of benzene rings is 6. The van der Waals surface area contributed by atoms with E-state index in [-0.39, 0.29) is 38.9 Å². The van der Waals surface area contributed by atoms with Gasteiger partial charge in [0.05, 0.1) is 0 Å². The second-order valence-corrected chi connectivity index (χ2v) is 17.0. The van der Waals surface area contributed by atoms with E-state index < -0.39 is 47.9 Å². The number of hydrogen-bond donors (Lipinski definition) is 4. The highest BCUT2D eigenvalue weighted by atomic mass is 16.5. The summed E-state index contributed by atoms with van der Waals surface area (Å²) in [4.78, 5) is 70.4. The maximum absolute atomic E-state index is 14.7. The first-order chi connectivity index (χ1) is 32.9. The summed E-state index contributed by atoms with van der Waals surface area (Å²) in [5.41, 5.74) is 5.76. The van der Waals surface area contributed by atoms with Gasteiger partial charge in [-0.2, -0.15) is 0 Å². The van der Waals surface area contributed by atoms with E-state index in [1.807, 2.05) is 146 Å². The molecule has 0 unspecified atom stereocenters. The molecule has 9 aromatic rings. The van der Waals surface area contributed by atoms with Crippen LogP contribution in [-0.4, -0.2) is 62.9 Å². The summed E-state index contributed by atoms with van der Waals surface area (Å²) < 4.78 is 12.0. The number of amides is 2. The molecule has 4 N–H and O–H groups in total. The summed E-state index contributed by atoms with van der Waals surface area (Å²) >= 11 is 0. The smallest absolute Gasteiger partial charge is 0.329 e. The summed E-state index contributed by atoms with van der Waals surface area (Å²) in [6, 6.07) is 42.7. The first kappa shape index (κ1) is 42.7. The van der Waals surface area contributed by atoms with E-state index >= 15 is 0 Å². The van der Waals surface area contributed by atoms with Gasteiger partial charge in [-0.25, -0.2) is 9.59 Å². The number of ether oxygens (including phenoxy) is 2. The van der Waals surface area contributed by atoms with E-state index in [1.54, 1.807) is 29.4 Å². The first-order valence-electron chi connectivity index (χ1n) is 22.5. The summed E-state index contributed by atoms with van der Waals surface area (Å²) in [7, 11) is 0. The largest absolute Gasteiger partial charge is 0.459 e. The second kappa shape index (κ2) is 19.1. The fourth-order valence-corrected chi connectivity index (χ4v) is 9.50. The number of aromatic nitrogens is 3. The van der Waals surface area contributed by atoms with E-state index in [1.165, 1.54) is 0 Å². The predicted octanol–water partition coefficient (Wildman–Crippen LogP) is 8.63. The number of carbonyl (C=O) groups excluding carboxylic acids is 4. The zero-order valence-electron chi connectivity index (χ0n) is 36.6. The molecule has 12 nitrogen and oxygen atoms in total. The molecule has 0 spiro atoms. The number of hydrogen-bond acceptors (Lipinski definition) is 8. The van der Waals surface area contributed by atoms with Gasteiger partial charge in [-0.3, -0.25) is 14.6 Å². The van der Waals surface area contributed by atoms with Gasteiger partial charge in [0.15, 0.2) is 0 Å². The number of nitrogens with one attached hydrogen (secondary N) is 4. The van der Waals surface area contributed by atoms with Crippen molar-refractivity contribution in [3.05, 3.63) is 193 Å². The second-order valence-electron chi connectivity index (χ2n) is 17.0. The Kier molecular flexibility index (Phi) is 12.2. The average molecular weight is 889 g/mol. The Bertz CT molecular complexity index is 3050.